The number of fused-ring (bicyclic) bond motifs is 1. The van der Waals surface area contributed by atoms with Crippen molar-refractivity contribution >= 4 is 0 Å². The zero-order valence-corrected chi connectivity index (χ0v) is 11.8. The van der Waals surface area contributed by atoms with Crippen LogP contribution in [0.3, 0.4) is 0 Å². The van der Waals surface area contributed by atoms with Gasteiger partial charge >= 0.3 is 0 Å². The van der Waals surface area contributed by atoms with E-state index in [-0.39, 0.29) is 0 Å². The molecular weight excluding hydrogens is 192 g/mol. The molecule has 0 N–H and O–H groups in total. The highest BCUT2D eigenvalue weighted by Crippen LogP contribution is 2.75. The summed E-state index contributed by atoms with van der Waals surface area (Å²) in [7, 11) is 0. The largest absolute Gasteiger partial charge is 0.0654 e. The summed E-state index contributed by atoms with van der Waals surface area (Å²) in [5, 5.41) is 0. The summed E-state index contributed by atoms with van der Waals surface area (Å²) in [5.74, 6) is 4.23. The fourth-order valence-corrected chi connectivity index (χ4v) is 4.89. The Balaban J connectivity index is 2.01. The van der Waals surface area contributed by atoms with Crippen molar-refractivity contribution in [1.82, 2.24) is 0 Å². The van der Waals surface area contributed by atoms with E-state index in [1.54, 1.807) is 19.3 Å². The van der Waals surface area contributed by atoms with Gasteiger partial charge in [-0.2, -0.15) is 0 Å². The first-order valence-corrected chi connectivity index (χ1v) is 7.66. The lowest BCUT2D eigenvalue weighted by molar-refractivity contribution is 0.238. The van der Waals surface area contributed by atoms with Crippen LogP contribution in [0.5, 0.6) is 0 Å². The van der Waals surface area contributed by atoms with Gasteiger partial charge in [0.15, 0.2) is 0 Å². The minimum atomic E-state index is 0.828. The van der Waals surface area contributed by atoms with Crippen molar-refractivity contribution in [2.75, 3.05) is 0 Å². The number of rotatable bonds is 6. The lowest BCUT2D eigenvalue weighted by Crippen LogP contribution is -2.17. The molecule has 0 heterocycles. The zero-order chi connectivity index (χ0) is 11.8. The first kappa shape index (κ1) is 12.5. The van der Waals surface area contributed by atoms with Gasteiger partial charge in [0.1, 0.15) is 0 Å². The Kier molecular flexibility index (Phi) is 3.66. The van der Waals surface area contributed by atoms with Crippen LogP contribution in [0, 0.1) is 29.1 Å². The predicted molar refractivity (Wildman–Crippen MR) is 71.4 cm³/mol. The van der Waals surface area contributed by atoms with Crippen LogP contribution in [0.1, 0.15) is 72.6 Å². The summed E-state index contributed by atoms with van der Waals surface area (Å²) in [4.78, 5) is 0. The molecule has 0 heteroatoms. The van der Waals surface area contributed by atoms with E-state index >= 15 is 0 Å². The summed E-state index contributed by atoms with van der Waals surface area (Å²) in [6, 6.07) is 0. The van der Waals surface area contributed by atoms with Crippen LogP contribution >= 0.6 is 0 Å². The molecule has 0 amide bonds. The molecule has 0 radical (unpaired) electrons. The molecule has 0 aliphatic heterocycles. The molecule has 0 aromatic heterocycles. The molecule has 0 saturated heterocycles. The molecule has 2 rings (SSSR count). The van der Waals surface area contributed by atoms with Crippen LogP contribution < -0.4 is 0 Å². The molecule has 2 aliphatic carbocycles. The SMILES string of the molecule is CCCC1CCC2C(CC)C12CCC(C)C. The summed E-state index contributed by atoms with van der Waals surface area (Å²) < 4.78 is 0. The van der Waals surface area contributed by atoms with Crippen molar-refractivity contribution in [3.63, 3.8) is 0 Å². The van der Waals surface area contributed by atoms with Gasteiger partial charge in [0.2, 0.25) is 0 Å². The van der Waals surface area contributed by atoms with Crippen molar-refractivity contribution in [3.8, 4) is 0 Å². The smallest absolute Gasteiger partial charge is 0.0207 e. The summed E-state index contributed by atoms with van der Waals surface area (Å²) >= 11 is 0. The number of hydrogen-bond acceptors (Lipinski definition) is 0. The van der Waals surface area contributed by atoms with Gasteiger partial charge in [0.25, 0.3) is 0 Å². The Morgan fingerprint density at radius 3 is 2.44 bits per heavy atom. The third-order valence-corrected chi connectivity index (χ3v) is 5.58. The van der Waals surface area contributed by atoms with Crippen molar-refractivity contribution in [1.29, 1.82) is 0 Å². The highest BCUT2D eigenvalue weighted by Gasteiger charge is 2.68. The van der Waals surface area contributed by atoms with Gasteiger partial charge < -0.3 is 0 Å². The van der Waals surface area contributed by atoms with Crippen LogP contribution in [0.4, 0.5) is 0 Å². The molecule has 16 heavy (non-hydrogen) atoms. The number of hydrogen-bond donors (Lipinski definition) is 0. The summed E-state index contributed by atoms with van der Waals surface area (Å²) in [6.45, 7) is 9.56. The van der Waals surface area contributed by atoms with Crippen molar-refractivity contribution in [2.24, 2.45) is 29.1 Å². The second-order valence-electron chi connectivity index (χ2n) is 6.73. The molecule has 0 aromatic rings. The molecular formula is C16H30. The fourth-order valence-electron chi connectivity index (χ4n) is 4.89. The van der Waals surface area contributed by atoms with E-state index in [0.717, 1.165) is 29.1 Å². The maximum Gasteiger partial charge on any atom is -0.0207 e. The van der Waals surface area contributed by atoms with Gasteiger partial charge in [0.05, 0.1) is 0 Å². The van der Waals surface area contributed by atoms with Gasteiger partial charge in [-0.3, -0.25) is 0 Å². The van der Waals surface area contributed by atoms with Gasteiger partial charge in [-0.15, -0.1) is 0 Å². The topological polar surface area (TPSA) is 0 Å². The normalized spacial score (nSPS) is 41.4. The van der Waals surface area contributed by atoms with Gasteiger partial charge in [0, 0.05) is 0 Å². The Labute approximate surface area is 102 Å². The van der Waals surface area contributed by atoms with E-state index in [9.17, 15) is 0 Å². The quantitative estimate of drug-likeness (QED) is 0.574. The zero-order valence-electron chi connectivity index (χ0n) is 11.8. The molecule has 2 fully saturated rings. The monoisotopic (exact) mass is 222 g/mol. The molecule has 4 atom stereocenters. The van der Waals surface area contributed by atoms with Gasteiger partial charge in [-0.25, -0.2) is 0 Å². The third kappa shape index (κ3) is 1.83. The minimum Gasteiger partial charge on any atom is -0.0654 e. The fraction of sp³-hybridized carbons (Fsp3) is 1.00. The Hall–Kier alpha value is 0. The molecule has 2 aliphatic rings. The van der Waals surface area contributed by atoms with E-state index in [4.69, 9.17) is 0 Å². The molecule has 0 spiro atoms. The van der Waals surface area contributed by atoms with E-state index < -0.39 is 0 Å². The van der Waals surface area contributed by atoms with Gasteiger partial charge in [-0.1, -0.05) is 53.4 Å². The van der Waals surface area contributed by atoms with Crippen molar-refractivity contribution in [3.05, 3.63) is 0 Å². The highest BCUT2D eigenvalue weighted by molar-refractivity contribution is 5.16. The molecule has 94 valence electrons. The van der Waals surface area contributed by atoms with Crippen molar-refractivity contribution < 1.29 is 0 Å². The van der Waals surface area contributed by atoms with Crippen LogP contribution in [0.15, 0.2) is 0 Å². The van der Waals surface area contributed by atoms with Crippen LogP contribution in [-0.4, -0.2) is 0 Å². The molecule has 4 unspecified atom stereocenters. The molecule has 2 saturated carbocycles. The summed E-state index contributed by atoms with van der Waals surface area (Å²) in [5.41, 5.74) is 0.828. The van der Waals surface area contributed by atoms with E-state index in [1.165, 1.54) is 25.7 Å². The molecule has 0 bridgehead atoms. The van der Waals surface area contributed by atoms with Crippen molar-refractivity contribution in [2.45, 2.75) is 72.6 Å². The van der Waals surface area contributed by atoms with Crippen LogP contribution in [-0.2, 0) is 0 Å². The molecule has 0 nitrogen and oxygen atoms in total. The Morgan fingerprint density at radius 1 is 1.19 bits per heavy atom. The van der Waals surface area contributed by atoms with Crippen LogP contribution in [0.2, 0.25) is 0 Å². The second-order valence-corrected chi connectivity index (χ2v) is 6.73. The van der Waals surface area contributed by atoms with Gasteiger partial charge in [-0.05, 0) is 48.3 Å². The van der Waals surface area contributed by atoms with E-state index in [2.05, 4.69) is 27.7 Å². The predicted octanol–water partition coefficient (Wildman–Crippen LogP) is 5.28. The Bertz CT molecular complexity index is 224. The summed E-state index contributed by atoms with van der Waals surface area (Å²) in [6.07, 6.45) is 10.5. The average Bonchev–Trinajstić information content (AvgIpc) is 2.76. The van der Waals surface area contributed by atoms with E-state index in [1.807, 2.05) is 0 Å². The molecule has 0 aromatic carbocycles. The first-order chi connectivity index (χ1) is 7.66. The Morgan fingerprint density at radius 2 is 1.94 bits per heavy atom. The maximum absolute atomic E-state index is 2.42. The first-order valence-electron chi connectivity index (χ1n) is 7.66. The third-order valence-electron chi connectivity index (χ3n) is 5.58. The lowest BCUT2D eigenvalue weighted by atomic mass is 9.79. The maximum atomic E-state index is 2.42. The van der Waals surface area contributed by atoms with E-state index in [0.29, 0.717) is 0 Å². The standard InChI is InChI=1S/C16H30/c1-5-7-13-8-9-15-14(6-2)16(13,15)11-10-12(3)4/h12-15H,5-11H2,1-4H3. The average molecular weight is 222 g/mol. The minimum absolute atomic E-state index is 0.828. The second kappa shape index (κ2) is 4.70. The lowest BCUT2D eigenvalue weighted by Gasteiger charge is -2.26. The van der Waals surface area contributed by atoms with Crippen LogP contribution in [0.25, 0.3) is 0 Å². The highest BCUT2D eigenvalue weighted by atomic mass is 14.7.